The van der Waals surface area contributed by atoms with Crippen LogP contribution in [0.15, 0.2) is 0 Å². The molecule has 0 fully saturated rings. The van der Waals surface area contributed by atoms with Gasteiger partial charge in [-0.15, -0.1) is 0 Å². The van der Waals surface area contributed by atoms with Crippen molar-refractivity contribution >= 4 is 11.9 Å². The first kappa shape index (κ1) is 14.9. The van der Waals surface area contributed by atoms with E-state index in [-0.39, 0.29) is 18.3 Å². The van der Waals surface area contributed by atoms with Crippen LogP contribution in [0.5, 0.6) is 0 Å². The minimum atomic E-state index is -0.495. The largest absolute Gasteiger partial charge is 0.466 e. The second kappa shape index (κ2) is 7.22. The maximum atomic E-state index is 11.3. The molecule has 5 nitrogen and oxygen atoms in total. The van der Waals surface area contributed by atoms with E-state index in [1.54, 1.807) is 20.8 Å². The molecule has 0 radical (unpaired) electrons. The quantitative estimate of drug-likeness (QED) is 0.495. The zero-order valence-corrected chi connectivity index (χ0v) is 10.3. The van der Waals surface area contributed by atoms with Crippen molar-refractivity contribution in [2.75, 3.05) is 13.2 Å². The van der Waals surface area contributed by atoms with Gasteiger partial charge in [0.25, 0.3) is 0 Å². The van der Waals surface area contributed by atoms with Crippen molar-refractivity contribution in [2.24, 2.45) is 5.73 Å². The number of carbonyl (C=O) groups is 2. The number of carbonyl (C=O) groups excluding carboxylic acids is 2. The Morgan fingerprint density at radius 3 is 2.50 bits per heavy atom. The van der Waals surface area contributed by atoms with E-state index in [4.69, 9.17) is 10.5 Å². The van der Waals surface area contributed by atoms with E-state index in [0.29, 0.717) is 26.0 Å². The van der Waals surface area contributed by atoms with E-state index in [9.17, 15) is 9.59 Å². The molecule has 1 amide bonds. The number of hydrogen-bond acceptors (Lipinski definition) is 4. The average Bonchev–Trinajstić information content (AvgIpc) is 2.10. The third-order valence-corrected chi connectivity index (χ3v) is 1.80. The first-order valence-electron chi connectivity index (χ1n) is 5.56. The van der Waals surface area contributed by atoms with Crippen LogP contribution in [0.2, 0.25) is 0 Å². The van der Waals surface area contributed by atoms with Crippen LogP contribution in [-0.4, -0.2) is 30.6 Å². The Bertz CT molecular complexity index is 234. The normalized spacial score (nSPS) is 11.0. The van der Waals surface area contributed by atoms with Crippen LogP contribution in [0.25, 0.3) is 0 Å². The Hall–Kier alpha value is -1.10. The lowest BCUT2D eigenvalue weighted by atomic mass is 10.0. The summed E-state index contributed by atoms with van der Waals surface area (Å²) < 4.78 is 4.76. The molecule has 0 aliphatic heterocycles. The minimum absolute atomic E-state index is 0.0867. The Morgan fingerprint density at radius 2 is 2.00 bits per heavy atom. The highest BCUT2D eigenvalue weighted by Crippen LogP contribution is 2.02. The molecule has 0 bridgehead atoms. The lowest BCUT2D eigenvalue weighted by Gasteiger charge is -2.17. The number of esters is 1. The van der Waals surface area contributed by atoms with Gasteiger partial charge in [0.1, 0.15) is 0 Å². The van der Waals surface area contributed by atoms with Gasteiger partial charge >= 0.3 is 5.97 Å². The molecule has 94 valence electrons. The lowest BCUT2D eigenvalue weighted by Crippen LogP contribution is -2.39. The lowest BCUT2D eigenvalue weighted by molar-refractivity contribution is -0.143. The molecular formula is C11H22N2O3. The molecule has 5 heteroatoms. The van der Waals surface area contributed by atoms with Gasteiger partial charge in [0.2, 0.25) is 5.91 Å². The SMILES string of the molecule is CCOC(=O)CCCNC(=O)CC(C)(C)N. The fourth-order valence-corrected chi connectivity index (χ4v) is 1.17. The molecule has 0 aliphatic rings. The summed E-state index contributed by atoms with van der Waals surface area (Å²) in [6.45, 7) is 6.24. The van der Waals surface area contributed by atoms with E-state index >= 15 is 0 Å². The van der Waals surface area contributed by atoms with Crippen LogP contribution in [0.1, 0.15) is 40.0 Å². The molecule has 0 aromatic carbocycles. The first-order valence-corrected chi connectivity index (χ1v) is 5.56. The molecule has 0 unspecified atom stereocenters. The highest BCUT2D eigenvalue weighted by atomic mass is 16.5. The van der Waals surface area contributed by atoms with Gasteiger partial charge in [0.15, 0.2) is 0 Å². The van der Waals surface area contributed by atoms with Crippen molar-refractivity contribution in [3.63, 3.8) is 0 Å². The average molecular weight is 230 g/mol. The molecule has 0 saturated carbocycles. The first-order chi connectivity index (χ1) is 7.35. The van der Waals surface area contributed by atoms with Gasteiger partial charge in [0, 0.05) is 24.9 Å². The molecule has 0 aliphatic carbocycles. The van der Waals surface area contributed by atoms with Gasteiger partial charge in [-0.05, 0) is 27.2 Å². The van der Waals surface area contributed by atoms with E-state index in [1.807, 2.05) is 0 Å². The van der Waals surface area contributed by atoms with Crippen molar-refractivity contribution in [2.45, 2.75) is 45.6 Å². The van der Waals surface area contributed by atoms with Gasteiger partial charge in [0.05, 0.1) is 6.61 Å². The van der Waals surface area contributed by atoms with Crippen LogP contribution in [0, 0.1) is 0 Å². The Balaban J connectivity index is 3.52. The highest BCUT2D eigenvalue weighted by Gasteiger charge is 2.15. The number of hydrogen-bond donors (Lipinski definition) is 2. The van der Waals surface area contributed by atoms with Crippen LogP contribution in [0.3, 0.4) is 0 Å². The molecule has 0 aromatic heterocycles. The summed E-state index contributed by atoms with van der Waals surface area (Å²) in [5, 5.41) is 2.71. The molecule has 0 spiro atoms. The smallest absolute Gasteiger partial charge is 0.305 e. The Labute approximate surface area is 96.7 Å². The fraction of sp³-hybridized carbons (Fsp3) is 0.818. The third-order valence-electron chi connectivity index (χ3n) is 1.80. The van der Waals surface area contributed by atoms with E-state index in [1.165, 1.54) is 0 Å². The summed E-state index contributed by atoms with van der Waals surface area (Å²) in [6, 6.07) is 0. The molecule has 0 atom stereocenters. The predicted octanol–water partition coefficient (Wildman–Crippen LogP) is 0.573. The van der Waals surface area contributed by atoms with Gasteiger partial charge in [-0.25, -0.2) is 0 Å². The Kier molecular flexibility index (Phi) is 6.72. The molecule has 16 heavy (non-hydrogen) atoms. The van der Waals surface area contributed by atoms with Crippen molar-refractivity contribution in [1.82, 2.24) is 5.32 Å². The second-order valence-corrected chi connectivity index (χ2v) is 4.42. The molecule has 0 heterocycles. The fourth-order valence-electron chi connectivity index (χ4n) is 1.17. The van der Waals surface area contributed by atoms with Crippen LogP contribution < -0.4 is 11.1 Å². The number of rotatable bonds is 7. The van der Waals surface area contributed by atoms with Gasteiger partial charge in [-0.2, -0.15) is 0 Å². The third kappa shape index (κ3) is 9.45. The zero-order chi connectivity index (χ0) is 12.6. The minimum Gasteiger partial charge on any atom is -0.466 e. The summed E-state index contributed by atoms with van der Waals surface area (Å²) in [5.41, 5.74) is 5.20. The maximum Gasteiger partial charge on any atom is 0.305 e. The molecule has 0 rings (SSSR count). The van der Waals surface area contributed by atoms with Crippen molar-refractivity contribution in [1.29, 1.82) is 0 Å². The monoisotopic (exact) mass is 230 g/mol. The van der Waals surface area contributed by atoms with Gasteiger partial charge in [-0.3, -0.25) is 9.59 Å². The predicted molar refractivity (Wildman–Crippen MR) is 61.8 cm³/mol. The van der Waals surface area contributed by atoms with E-state index in [2.05, 4.69) is 5.32 Å². The van der Waals surface area contributed by atoms with Crippen molar-refractivity contribution < 1.29 is 14.3 Å². The molecule has 0 saturated heterocycles. The van der Waals surface area contributed by atoms with Crippen LogP contribution in [0.4, 0.5) is 0 Å². The summed E-state index contributed by atoms with van der Waals surface area (Å²) in [6.07, 6.45) is 1.21. The standard InChI is InChI=1S/C11H22N2O3/c1-4-16-10(15)6-5-7-13-9(14)8-11(2,3)12/h4-8,12H2,1-3H3,(H,13,14). The number of nitrogens with one attached hydrogen (secondary N) is 1. The topological polar surface area (TPSA) is 81.4 Å². The summed E-state index contributed by atoms with van der Waals surface area (Å²) in [5.74, 6) is -0.313. The van der Waals surface area contributed by atoms with E-state index < -0.39 is 5.54 Å². The van der Waals surface area contributed by atoms with Crippen molar-refractivity contribution in [3.8, 4) is 0 Å². The number of ether oxygens (including phenoxy) is 1. The Morgan fingerprint density at radius 1 is 1.38 bits per heavy atom. The second-order valence-electron chi connectivity index (χ2n) is 4.42. The summed E-state index contributed by atoms with van der Waals surface area (Å²) in [4.78, 5) is 22.3. The van der Waals surface area contributed by atoms with Crippen LogP contribution in [-0.2, 0) is 14.3 Å². The number of nitrogens with two attached hydrogens (primary N) is 1. The van der Waals surface area contributed by atoms with E-state index in [0.717, 1.165) is 0 Å². The maximum absolute atomic E-state index is 11.3. The van der Waals surface area contributed by atoms with Crippen LogP contribution >= 0.6 is 0 Å². The van der Waals surface area contributed by atoms with Gasteiger partial charge < -0.3 is 15.8 Å². The van der Waals surface area contributed by atoms with Gasteiger partial charge in [-0.1, -0.05) is 0 Å². The highest BCUT2D eigenvalue weighted by molar-refractivity contribution is 5.77. The molecular weight excluding hydrogens is 208 g/mol. The molecule has 0 aromatic rings. The zero-order valence-electron chi connectivity index (χ0n) is 10.3. The molecule has 3 N–H and O–H groups in total. The summed E-state index contributed by atoms with van der Waals surface area (Å²) in [7, 11) is 0. The summed E-state index contributed by atoms with van der Waals surface area (Å²) >= 11 is 0. The number of amides is 1. The van der Waals surface area contributed by atoms with Crippen molar-refractivity contribution in [3.05, 3.63) is 0 Å².